The molecule has 2 rings (SSSR count). The number of hydrogen-bond donors (Lipinski definition) is 1. The molecule has 1 aromatic heterocycles. The van der Waals surface area contributed by atoms with Crippen LogP contribution in [-0.4, -0.2) is 35.4 Å². The molecule has 0 atom stereocenters. The van der Waals surface area contributed by atoms with Crippen LogP contribution in [0.4, 0.5) is 14.5 Å². The molecule has 1 N–H and O–H groups in total. The number of carbonyl (C=O) groups excluding carboxylic acids is 1. The van der Waals surface area contributed by atoms with E-state index in [2.05, 4.69) is 10.3 Å². The number of halogens is 2. The number of nitrogens with zero attached hydrogens (tertiary/aromatic N) is 2. The van der Waals surface area contributed by atoms with Crippen molar-refractivity contribution < 1.29 is 22.0 Å². The quantitative estimate of drug-likeness (QED) is 0.753. The second kappa shape index (κ2) is 7.75. The molecule has 1 amide bonds. The van der Waals surface area contributed by atoms with Crippen molar-refractivity contribution in [2.45, 2.75) is 29.3 Å². The third kappa shape index (κ3) is 4.32. The minimum atomic E-state index is -4.63. The summed E-state index contributed by atoms with van der Waals surface area (Å²) in [6, 6.07) is 4.61. The molecule has 6 nitrogen and oxygen atoms in total. The van der Waals surface area contributed by atoms with Crippen molar-refractivity contribution in [1.82, 2.24) is 9.55 Å². The molecule has 0 bridgehead atoms. The molecule has 10 heteroatoms. The van der Waals surface area contributed by atoms with Crippen molar-refractivity contribution in [2.24, 2.45) is 0 Å². The van der Waals surface area contributed by atoms with Gasteiger partial charge >= 0.3 is 5.76 Å². The maximum atomic E-state index is 12.4. The highest BCUT2D eigenvalue weighted by Crippen LogP contribution is 2.21. The van der Waals surface area contributed by atoms with Gasteiger partial charge < -0.3 is 9.88 Å². The van der Waals surface area contributed by atoms with Crippen molar-refractivity contribution in [3.05, 3.63) is 36.7 Å². The number of aromatic nitrogens is 2. The molecule has 0 aliphatic heterocycles. The number of hydrogen-bond acceptors (Lipinski definition) is 5. The van der Waals surface area contributed by atoms with Crippen molar-refractivity contribution in [1.29, 1.82) is 0 Å². The fourth-order valence-electron chi connectivity index (χ4n) is 1.83. The average Bonchev–Trinajstić information content (AvgIpc) is 3.01. The maximum absolute atomic E-state index is 12.4. The predicted octanol–water partition coefficient (Wildman–Crippen LogP) is 2.63. The van der Waals surface area contributed by atoms with E-state index in [-0.39, 0.29) is 11.7 Å². The van der Waals surface area contributed by atoms with Gasteiger partial charge in [-0.1, -0.05) is 11.8 Å². The number of imidazole rings is 1. The van der Waals surface area contributed by atoms with Crippen molar-refractivity contribution in [2.75, 3.05) is 11.1 Å². The van der Waals surface area contributed by atoms with Gasteiger partial charge in [-0.2, -0.15) is 8.78 Å². The SMILES string of the molecule is CCn1ccnc1SCC(=O)Nc1ccc(S(=O)(=O)C(F)F)cc1. The van der Waals surface area contributed by atoms with Crippen LogP contribution < -0.4 is 5.32 Å². The van der Waals surface area contributed by atoms with Gasteiger partial charge in [0, 0.05) is 24.6 Å². The Hall–Kier alpha value is -1.94. The van der Waals surface area contributed by atoms with Gasteiger partial charge in [-0.15, -0.1) is 0 Å². The fraction of sp³-hybridized carbons (Fsp3) is 0.286. The van der Waals surface area contributed by atoms with E-state index in [9.17, 15) is 22.0 Å². The molecular formula is C14H15F2N3O3S2. The molecular weight excluding hydrogens is 360 g/mol. The Bertz CT molecular complexity index is 805. The van der Waals surface area contributed by atoms with Crippen LogP contribution in [0, 0.1) is 0 Å². The Kier molecular flexibility index (Phi) is 5.94. The summed E-state index contributed by atoms with van der Waals surface area (Å²) < 4.78 is 49.4. The molecule has 0 unspecified atom stereocenters. The number of carbonyl (C=O) groups is 1. The number of aryl methyl sites for hydroxylation is 1. The minimum absolute atomic E-state index is 0.119. The number of benzene rings is 1. The summed E-state index contributed by atoms with van der Waals surface area (Å²) in [6.45, 7) is 2.70. The number of nitrogens with one attached hydrogen (secondary N) is 1. The van der Waals surface area contributed by atoms with E-state index in [0.29, 0.717) is 10.8 Å². The lowest BCUT2D eigenvalue weighted by Gasteiger charge is -2.07. The lowest BCUT2D eigenvalue weighted by molar-refractivity contribution is -0.113. The van der Waals surface area contributed by atoms with Gasteiger partial charge in [-0.3, -0.25) is 4.79 Å². The molecule has 1 aromatic carbocycles. The van der Waals surface area contributed by atoms with Gasteiger partial charge in [0.25, 0.3) is 0 Å². The third-order valence-electron chi connectivity index (χ3n) is 3.05. The average molecular weight is 375 g/mol. The summed E-state index contributed by atoms with van der Waals surface area (Å²) in [5.74, 6) is -3.67. The summed E-state index contributed by atoms with van der Waals surface area (Å²) in [7, 11) is -4.63. The molecule has 130 valence electrons. The molecule has 0 spiro atoms. The largest absolute Gasteiger partial charge is 0.341 e. The van der Waals surface area contributed by atoms with Gasteiger partial charge in [-0.05, 0) is 31.2 Å². The van der Waals surface area contributed by atoms with Crippen LogP contribution in [0.1, 0.15) is 6.92 Å². The highest BCUT2D eigenvalue weighted by atomic mass is 32.2. The monoisotopic (exact) mass is 375 g/mol. The Balaban J connectivity index is 1.95. The smallest absolute Gasteiger partial charge is 0.326 e. The lowest BCUT2D eigenvalue weighted by atomic mass is 10.3. The number of anilines is 1. The highest BCUT2D eigenvalue weighted by Gasteiger charge is 2.26. The van der Waals surface area contributed by atoms with E-state index >= 15 is 0 Å². The summed E-state index contributed by atoms with van der Waals surface area (Å²) in [5, 5.41) is 3.28. The molecule has 0 aliphatic carbocycles. The lowest BCUT2D eigenvalue weighted by Crippen LogP contribution is -2.15. The molecule has 2 aromatic rings. The van der Waals surface area contributed by atoms with Crippen LogP contribution in [0.2, 0.25) is 0 Å². The molecule has 1 heterocycles. The molecule has 0 fully saturated rings. The van der Waals surface area contributed by atoms with Crippen LogP contribution in [0.3, 0.4) is 0 Å². The standard InChI is InChI=1S/C14H15F2N3O3S2/c1-2-19-8-7-17-14(19)23-9-12(20)18-10-3-5-11(6-4-10)24(21,22)13(15)16/h3-8,13H,2,9H2,1H3,(H,18,20). The summed E-state index contributed by atoms with van der Waals surface area (Å²) in [4.78, 5) is 15.5. The zero-order valence-electron chi connectivity index (χ0n) is 12.6. The summed E-state index contributed by atoms with van der Waals surface area (Å²) >= 11 is 1.26. The Morgan fingerprint density at radius 1 is 1.33 bits per heavy atom. The number of rotatable bonds is 7. The molecule has 0 aliphatic rings. The summed E-state index contributed by atoms with van der Waals surface area (Å²) in [6.07, 6.45) is 3.45. The number of thioether (sulfide) groups is 1. The van der Waals surface area contributed by atoms with E-state index in [1.807, 2.05) is 17.7 Å². The van der Waals surface area contributed by atoms with Crippen LogP contribution in [0.5, 0.6) is 0 Å². The van der Waals surface area contributed by atoms with E-state index in [4.69, 9.17) is 0 Å². The Morgan fingerprint density at radius 3 is 2.58 bits per heavy atom. The van der Waals surface area contributed by atoms with E-state index in [0.717, 1.165) is 18.7 Å². The topological polar surface area (TPSA) is 81.1 Å². The fourth-order valence-corrected chi connectivity index (χ4v) is 3.38. The van der Waals surface area contributed by atoms with Crippen molar-refractivity contribution in [3.63, 3.8) is 0 Å². The molecule has 0 radical (unpaired) electrons. The number of amides is 1. The van der Waals surface area contributed by atoms with Crippen molar-refractivity contribution in [3.8, 4) is 0 Å². The second-order valence-electron chi connectivity index (χ2n) is 4.66. The summed E-state index contributed by atoms with van der Waals surface area (Å²) in [5.41, 5.74) is 0.327. The first-order valence-electron chi connectivity index (χ1n) is 6.90. The number of alkyl halides is 2. The van der Waals surface area contributed by atoms with Crippen LogP contribution in [0.15, 0.2) is 46.7 Å². The number of sulfone groups is 1. The zero-order chi connectivity index (χ0) is 17.7. The Labute approximate surface area is 142 Å². The normalized spacial score (nSPS) is 11.7. The molecule has 0 saturated heterocycles. The Morgan fingerprint density at radius 2 is 2.00 bits per heavy atom. The van der Waals surface area contributed by atoms with Crippen molar-refractivity contribution >= 4 is 33.2 Å². The molecule has 24 heavy (non-hydrogen) atoms. The maximum Gasteiger partial charge on any atom is 0.341 e. The highest BCUT2D eigenvalue weighted by molar-refractivity contribution is 7.99. The van der Waals surface area contributed by atoms with E-state index < -0.39 is 20.5 Å². The van der Waals surface area contributed by atoms with Crippen LogP contribution in [-0.2, 0) is 21.2 Å². The first-order chi connectivity index (χ1) is 11.3. The second-order valence-corrected chi connectivity index (χ2v) is 7.52. The van der Waals surface area contributed by atoms with E-state index in [1.54, 1.807) is 6.20 Å². The van der Waals surface area contributed by atoms with Gasteiger partial charge in [0.15, 0.2) is 5.16 Å². The van der Waals surface area contributed by atoms with Gasteiger partial charge in [0.05, 0.1) is 10.6 Å². The first-order valence-corrected chi connectivity index (χ1v) is 9.43. The predicted molar refractivity (Wildman–Crippen MR) is 86.9 cm³/mol. The van der Waals surface area contributed by atoms with Gasteiger partial charge in [0.2, 0.25) is 15.7 Å². The first kappa shape index (κ1) is 18.4. The van der Waals surface area contributed by atoms with E-state index in [1.165, 1.54) is 23.9 Å². The minimum Gasteiger partial charge on any atom is -0.326 e. The van der Waals surface area contributed by atoms with Crippen LogP contribution in [0.25, 0.3) is 0 Å². The third-order valence-corrected chi connectivity index (χ3v) is 5.45. The zero-order valence-corrected chi connectivity index (χ0v) is 14.3. The van der Waals surface area contributed by atoms with Gasteiger partial charge in [-0.25, -0.2) is 13.4 Å². The van der Waals surface area contributed by atoms with Crippen LogP contribution >= 0.6 is 11.8 Å². The van der Waals surface area contributed by atoms with Gasteiger partial charge in [0.1, 0.15) is 0 Å². The molecule has 0 saturated carbocycles.